The number of hydrogen-bond acceptors (Lipinski definition) is 6. The zero-order valence-electron chi connectivity index (χ0n) is 24.3. The highest BCUT2D eigenvalue weighted by Gasteiger charge is 2.30. The van der Waals surface area contributed by atoms with Crippen molar-refractivity contribution in [3.63, 3.8) is 0 Å². The van der Waals surface area contributed by atoms with Crippen molar-refractivity contribution in [2.75, 3.05) is 17.7 Å². The molecule has 0 radical (unpaired) electrons. The van der Waals surface area contributed by atoms with Gasteiger partial charge in [-0.05, 0) is 74.0 Å². The van der Waals surface area contributed by atoms with E-state index in [-0.39, 0.29) is 0 Å². The van der Waals surface area contributed by atoms with Gasteiger partial charge >= 0.3 is 6.18 Å². The molecule has 1 aliphatic carbocycles. The first-order valence-electron chi connectivity index (χ1n) is 14.1. The third-order valence-electron chi connectivity index (χ3n) is 7.30. The molecule has 0 aliphatic heterocycles. The van der Waals surface area contributed by atoms with Crippen molar-refractivity contribution in [2.24, 2.45) is 7.05 Å². The Kier molecular flexibility index (Phi) is 10.5. The van der Waals surface area contributed by atoms with Gasteiger partial charge in [0.05, 0.1) is 23.8 Å². The van der Waals surface area contributed by atoms with E-state index in [4.69, 9.17) is 9.47 Å². The molecule has 0 unspecified atom stereocenters. The second-order valence-electron chi connectivity index (χ2n) is 10.3. The van der Waals surface area contributed by atoms with E-state index in [1.165, 1.54) is 56.9 Å². The summed E-state index contributed by atoms with van der Waals surface area (Å²) in [7, 11) is 3.94. The van der Waals surface area contributed by atoms with Gasteiger partial charge in [-0.2, -0.15) is 18.2 Å². The molecule has 10 heteroatoms. The molecule has 1 fully saturated rings. The van der Waals surface area contributed by atoms with Crippen molar-refractivity contribution >= 4 is 22.4 Å². The maximum absolute atomic E-state index is 12.2. The number of nitrogens with zero attached hydrogens (tertiary/aromatic N) is 3. The van der Waals surface area contributed by atoms with Gasteiger partial charge in [0.2, 0.25) is 5.88 Å². The minimum atomic E-state index is -4.29. The van der Waals surface area contributed by atoms with Crippen LogP contribution in [0.3, 0.4) is 0 Å². The molecule has 224 valence electrons. The summed E-state index contributed by atoms with van der Waals surface area (Å²) in [6, 6.07) is 13.0. The van der Waals surface area contributed by atoms with Crippen LogP contribution in [0.1, 0.15) is 55.3 Å². The summed E-state index contributed by atoms with van der Waals surface area (Å²) in [5.74, 6) is 1.33. The standard InChI is InChI=1S/C23H30N4O2.C9H8F3N/c1-16-12-19(10-11-20(16)24-2)29-23-22-21(25-15-26-23)13-17(27(22)3)14-28-18-8-6-4-5-7-9-18;1-2-13-8-5-3-4-7(6-8)9(10,11)12/h10-13,15,18,24H,4-9,14H2,1-3H3;2-6,13H,1H2. The number of benzene rings is 2. The lowest BCUT2D eigenvalue weighted by Crippen LogP contribution is -2.12. The molecule has 0 saturated heterocycles. The molecule has 0 spiro atoms. The van der Waals surface area contributed by atoms with Crippen LogP contribution in [0, 0.1) is 6.92 Å². The Morgan fingerprint density at radius 3 is 2.48 bits per heavy atom. The average Bonchev–Trinajstić information content (AvgIpc) is 3.11. The number of fused-ring (bicyclic) bond motifs is 1. The summed E-state index contributed by atoms with van der Waals surface area (Å²) in [6.45, 7) is 6.00. The van der Waals surface area contributed by atoms with E-state index in [1.807, 2.05) is 32.3 Å². The van der Waals surface area contributed by atoms with Gasteiger partial charge in [0, 0.05) is 31.2 Å². The molecule has 4 aromatic rings. The van der Waals surface area contributed by atoms with Gasteiger partial charge in [-0.15, -0.1) is 0 Å². The molecule has 2 aromatic carbocycles. The number of alkyl halides is 3. The van der Waals surface area contributed by atoms with Gasteiger partial charge in [-0.25, -0.2) is 4.98 Å². The molecule has 0 amide bonds. The van der Waals surface area contributed by atoms with Crippen LogP contribution in [0.5, 0.6) is 11.6 Å². The normalized spacial score (nSPS) is 14.0. The van der Waals surface area contributed by atoms with Crippen LogP contribution in [0.15, 0.2) is 67.6 Å². The summed E-state index contributed by atoms with van der Waals surface area (Å²) in [5.41, 5.74) is 4.78. The van der Waals surface area contributed by atoms with Crippen LogP contribution in [0.2, 0.25) is 0 Å². The highest BCUT2D eigenvalue weighted by Crippen LogP contribution is 2.32. The Morgan fingerprint density at radius 1 is 1.05 bits per heavy atom. The number of rotatable bonds is 8. The van der Waals surface area contributed by atoms with Crippen molar-refractivity contribution in [3.8, 4) is 11.6 Å². The minimum Gasteiger partial charge on any atom is -0.437 e. The zero-order valence-corrected chi connectivity index (χ0v) is 24.3. The highest BCUT2D eigenvalue weighted by molar-refractivity contribution is 5.81. The van der Waals surface area contributed by atoms with Crippen LogP contribution in [0.25, 0.3) is 11.0 Å². The summed E-state index contributed by atoms with van der Waals surface area (Å²) < 4.78 is 50.9. The average molecular weight is 582 g/mol. The summed E-state index contributed by atoms with van der Waals surface area (Å²) in [4.78, 5) is 8.84. The van der Waals surface area contributed by atoms with E-state index in [2.05, 4.69) is 44.7 Å². The number of hydrogen-bond donors (Lipinski definition) is 2. The molecule has 0 atom stereocenters. The molecule has 1 aliphatic rings. The fourth-order valence-corrected chi connectivity index (χ4v) is 5.01. The smallest absolute Gasteiger partial charge is 0.416 e. The van der Waals surface area contributed by atoms with Crippen molar-refractivity contribution in [3.05, 3.63) is 84.5 Å². The molecule has 2 N–H and O–H groups in total. The van der Waals surface area contributed by atoms with E-state index in [1.54, 1.807) is 6.33 Å². The second kappa shape index (κ2) is 14.2. The molecule has 42 heavy (non-hydrogen) atoms. The third kappa shape index (κ3) is 8.03. The Bertz CT molecular complexity index is 1480. The maximum Gasteiger partial charge on any atom is 0.416 e. The quantitative estimate of drug-likeness (QED) is 0.203. The van der Waals surface area contributed by atoms with Crippen LogP contribution in [0.4, 0.5) is 24.5 Å². The van der Waals surface area contributed by atoms with Gasteiger partial charge in [0.1, 0.15) is 17.6 Å². The van der Waals surface area contributed by atoms with Crippen molar-refractivity contribution < 1.29 is 22.6 Å². The molecule has 1 saturated carbocycles. The Morgan fingerprint density at radius 2 is 1.81 bits per heavy atom. The molecule has 2 aromatic heterocycles. The van der Waals surface area contributed by atoms with Gasteiger partial charge < -0.3 is 24.7 Å². The van der Waals surface area contributed by atoms with Crippen molar-refractivity contribution in [2.45, 2.75) is 64.3 Å². The molecule has 2 heterocycles. The lowest BCUT2D eigenvalue weighted by Gasteiger charge is -2.15. The molecule has 7 nitrogen and oxygen atoms in total. The maximum atomic E-state index is 12.2. The Balaban J connectivity index is 0.000000262. The summed E-state index contributed by atoms with van der Waals surface area (Å²) >= 11 is 0. The van der Waals surface area contributed by atoms with Gasteiger partial charge in [0.15, 0.2) is 0 Å². The van der Waals surface area contributed by atoms with Crippen LogP contribution < -0.4 is 15.4 Å². The first kappa shape index (κ1) is 30.9. The zero-order chi connectivity index (χ0) is 30.1. The first-order valence-corrected chi connectivity index (χ1v) is 14.1. The van der Waals surface area contributed by atoms with Crippen LogP contribution in [-0.4, -0.2) is 27.7 Å². The van der Waals surface area contributed by atoms with Crippen molar-refractivity contribution in [1.82, 2.24) is 14.5 Å². The lowest BCUT2D eigenvalue weighted by molar-refractivity contribution is -0.137. The number of ether oxygens (including phenoxy) is 2. The summed E-state index contributed by atoms with van der Waals surface area (Å²) in [5, 5.41) is 5.76. The van der Waals surface area contributed by atoms with Crippen molar-refractivity contribution in [1.29, 1.82) is 0 Å². The van der Waals surface area contributed by atoms with E-state index < -0.39 is 11.7 Å². The van der Waals surface area contributed by atoms with Crippen LogP contribution >= 0.6 is 0 Å². The molecule has 0 bridgehead atoms. The van der Waals surface area contributed by atoms with Gasteiger partial charge in [-0.3, -0.25) is 0 Å². The highest BCUT2D eigenvalue weighted by atomic mass is 19.4. The van der Waals surface area contributed by atoms with Gasteiger partial charge in [-0.1, -0.05) is 38.3 Å². The third-order valence-corrected chi connectivity index (χ3v) is 7.30. The Labute approximate surface area is 244 Å². The number of halogens is 3. The predicted molar refractivity (Wildman–Crippen MR) is 161 cm³/mol. The van der Waals surface area contributed by atoms with E-state index in [0.717, 1.165) is 45.9 Å². The molecular formula is C32H38F3N5O2. The first-order chi connectivity index (χ1) is 20.2. The fraction of sp³-hybridized carbons (Fsp3) is 0.375. The van der Waals surface area contributed by atoms with E-state index in [9.17, 15) is 13.2 Å². The number of anilines is 2. The van der Waals surface area contributed by atoms with Crippen LogP contribution in [-0.2, 0) is 24.6 Å². The van der Waals surface area contributed by atoms with E-state index >= 15 is 0 Å². The second-order valence-corrected chi connectivity index (χ2v) is 10.3. The topological polar surface area (TPSA) is 73.2 Å². The number of aryl methyl sites for hydroxylation is 2. The number of nitrogens with one attached hydrogen (secondary N) is 2. The Hall–Kier alpha value is -4.05. The fourth-order valence-electron chi connectivity index (χ4n) is 5.01. The minimum absolute atomic E-state index is 0.367. The lowest BCUT2D eigenvalue weighted by atomic mass is 10.1. The largest absolute Gasteiger partial charge is 0.437 e. The predicted octanol–water partition coefficient (Wildman–Crippen LogP) is 8.61. The van der Waals surface area contributed by atoms with E-state index in [0.29, 0.717) is 24.3 Å². The SMILES string of the molecule is C=CNc1cccc(C(F)(F)F)c1.CNc1ccc(Oc2ncnc3cc(COC4CCCCCC4)n(C)c23)cc1C. The molecule has 5 rings (SSSR count). The number of aromatic nitrogens is 3. The molecular weight excluding hydrogens is 543 g/mol. The summed E-state index contributed by atoms with van der Waals surface area (Å²) in [6.07, 6.45) is 6.50. The monoisotopic (exact) mass is 581 g/mol. The van der Waals surface area contributed by atoms with Gasteiger partial charge in [0.25, 0.3) is 0 Å².